The first kappa shape index (κ1) is 20.2. The van der Waals surface area contributed by atoms with Gasteiger partial charge in [0.05, 0.1) is 10.8 Å². The van der Waals surface area contributed by atoms with Gasteiger partial charge < -0.3 is 4.74 Å². The summed E-state index contributed by atoms with van der Waals surface area (Å²) in [5.41, 5.74) is 2.32. The van der Waals surface area contributed by atoms with Crippen LogP contribution in [0.2, 0.25) is 5.02 Å². The van der Waals surface area contributed by atoms with E-state index in [1.54, 1.807) is 6.07 Å². The van der Waals surface area contributed by atoms with E-state index in [0.717, 1.165) is 24.0 Å². The summed E-state index contributed by atoms with van der Waals surface area (Å²) >= 11 is 6.06. The number of nitrogens with one attached hydrogen (secondary N) is 2. The van der Waals surface area contributed by atoms with Crippen LogP contribution >= 0.6 is 11.6 Å². The van der Waals surface area contributed by atoms with Crippen LogP contribution in [0.25, 0.3) is 0 Å². The van der Waals surface area contributed by atoms with Gasteiger partial charge in [0, 0.05) is 5.02 Å². The quantitative estimate of drug-likeness (QED) is 0.633. The fraction of sp³-hybridized carbons (Fsp3) is 0.381. The Morgan fingerprint density at radius 1 is 1.24 bits per heavy atom. The zero-order valence-corrected chi connectivity index (χ0v) is 17.5. The molecule has 1 atom stereocenters. The Bertz CT molecular complexity index is 1060. The van der Waals surface area contributed by atoms with Crippen LogP contribution in [0.4, 0.5) is 4.39 Å². The number of halogens is 2. The second kappa shape index (κ2) is 7.61. The normalized spacial score (nSPS) is 18.2. The van der Waals surface area contributed by atoms with E-state index in [1.165, 1.54) is 12.1 Å². The molecular weight excluding hydrogens is 415 g/mol. The number of ether oxygens (including phenoxy) is 1. The van der Waals surface area contributed by atoms with Gasteiger partial charge in [0.25, 0.3) is 5.91 Å². The second-order valence-corrected chi connectivity index (χ2v) is 10.3. The van der Waals surface area contributed by atoms with E-state index in [0.29, 0.717) is 29.2 Å². The van der Waals surface area contributed by atoms with Crippen LogP contribution in [0.5, 0.6) is 5.75 Å². The van der Waals surface area contributed by atoms with Crippen LogP contribution in [-0.4, -0.2) is 15.4 Å². The number of carbonyl (C=O) groups is 1. The maximum absolute atomic E-state index is 14.7. The number of amides is 1. The molecule has 0 radical (unpaired) electrons. The van der Waals surface area contributed by atoms with Crippen molar-refractivity contribution in [3.63, 3.8) is 0 Å². The molecule has 2 fully saturated rings. The molecule has 0 bridgehead atoms. The summed E-state index contributed by atoms with van der Waals surface area (Å²) in [4.78, 5) is 12.5. The van der Waals surface area contributed by atoms with Gasteiger partial charge in [0.2, 0.25) is 0 Å². The second-order valence-electron chi connectivity index (χ2n) is 7.79. The van der Waals surface area contributed by atoms with Crippen LogP contribution in [0.3, 0.4) is 0 Å². The number of hydrogen-bond acceptors (Lipinski definition) is 4. The molecule has 0 saturated heterocycles. The topological polar surface area (TPSA) is 79.2 Å². The molecule has 2 N–H and O–H groups in total. The lowest BCUT2D eigenvalue weighted by Crippen LogP contribution is -2.33. The predicted octanol–water partition coefficient (Wildman–Crippen LogP) is 5.10. The Morgan fingerprint density at radius 3 is 2.59 bits per heavy atom. The maximum atomic E-state index is 14.7. The fourth-order valence-corrected chi connectivity index (χ4v) is 4.96. The first-order chi connectivity index (χ1) is 13.7. The van der Waals surface area contributed by atoms with Crippen molar-refractivity contribution in [2.75, 3.05) is 0 Å². The molecule has 2 aliphatic rings. The molecule has 0 aliphatic heterocycles. The molecule has 0 heterocycles. The summed E-state index contributed by atoms with van der Waals surface area (Å²) < 4.78 is 42.8. The van der Waals surface area contributed by atoms with Crippen molar-refractivity contribution in [3.05, 3.63) is 63.4 Å². The molecule has 0 spiro atoms. The van der Waals surface area contributed by atoms with Gasteiger partial charge in [-0.15, -0.1) is 0 Å². The van der Waals surface area contributed by atoms with Gasteiger partial charge in [-0.05, 0) is 85.5 Å². The molecule has 154 valence electrons. The zero-order chi connectivity index (χ0) is 20.8. The molecule has 0 aromatic heterocycles. The number of rotatable bonds is 7. The van der Waals surface area contributed by atoms with Gasteiger partial charge in [-0.3, -0.25) is 9.52 Å². The maximum Gasteiger partial charge on any atom is 0.266 e. The highest BCUT2D eigenvalue weighted by atomic mass is 35.5. The summed E-state index contributed by atoms with van der Waals surface area (Å²) in [6.45, 7) is 2.06. The molecular formula is C21H22ClFN2O3S. The van der Waals surface area contributed by atoms with E-state index in [-0.39, 0.29) is 23.3 Å². The Hall–Kier alpha value is -2.12. The third kappa shape index (κ3) is 4.73. The van der Waals surface area contributed by atoms with Crippen LogP contribution in [0.15, 0.2) is 30.3 Å². The smallest absolute Gasteiger partial charge is 0.266 e. The number of hydrogen-bond donors (Lipinski definition) is 2. The Morgan fingerprint density at radius 2 is 1.97 bits per heavy atom. The minimum absolute atomic E-state index is 0.154. The van der Waals surface area contributed by atoms with Crippen LogP contribution in [0.1, 0.15) is 58.6 Å². The van der Waals surface area contributed by atoms with Crippen molar-refractivity contribution in [1.82, 2.24) is 4.72 Å². The summed E-state index contributed by atoms with van der Waals surface area (Å²) in [6.07, 6.45) is 3.23. The van der Waals surface area contributed by atoms with Gasteiger partial charge in [-0.2, -0.15) is 0 Å². The monoisotopic (exact) mass is 436 g/mol. The molecule has 4 rings (SSSR count). The minimum Gasteiger partial charge on any atom is -0.489 e. The van der Waals surface area contributed by atoms with E-state index in [4.69, 9.17) is 21.1 Å². The summed E-state index contributed by atoms with van der Waals surface area (Å²) in [7, 11) is -3.24. The first-order valence-corrected chi connectivity index (χ1v) is 11.5. The highest BCUT2D eigenvalue weighted by molar-refractivity contribution is 7.92. The predicted molar refractivity (Wildman–Crippen MR) is 110 cm³/mol. The Labute approximate surface area is 174 Å². The average molecular weight is 437 g/mol. The van der Waals surface area contributed by atoms with Crippen molar-refractivity contribution in [3.8, 4) is 5.75 Å². The van der Waals surface area contributed by atoms with Gasteiger partial charge in [-0.25, -0.2) is 13.4 Å². The van der Waals surface area contributed by atoms with E-state index >= 15 is 0 Å². The van der Waals surface area contributed by atoms with Crippen LogP contribution in [-0.2, 0) is 16.5 Å². The van der Waals surface area contributed by atoms with Crippen molar-refractivity contribution in [2.45, 2.75) is 50.4 Å². The van der Waals surface area contributed by atoms with Crippen molar-refractivity contribution < 1.29 is 18.1 Å². The molecule has 2 aromatic rings. The lowest BCUT2D eigenvalue weighted by molar-refractivity contribution is 0.0978. The molecule has 2 aliphatic carbocycles. The van der Waals surface area contributed by atoms with E-state index in [1.807, 2.05) is 19.1 Å². The van der Waals surface area contributed by atoms with Crippen molar-refractivity contribution in [2.24, 2.45) is 0 Å². The number of benzene rings is 2. The summed E-state index contributed by atoms with van der Waals surface area (Å²) in [6, 6.07) is 8.20. The highest BCUT2D eigenvalue weighted by Gasteiger charge is 2.35. The van der Waals surface area contributed by atoms with Crippen LogP contribution < -0.4 is 9.46 Å². The van der Waals surface area contributed by atoms with Gasteiger partial charge in [0.1, 0.15) is 28.1 Å². The zero-order valence-electron chi connectivity index (χ0n) is 16.0. The SMILES string of the molecule is Cc1cc(Cl)cc(OCc2cc(F)c(C(=O)NS(=N)(=O)C3CC3)cc2C2CC2)c1. The molecule has 5 nitrogen and oxygen atoms in total. The Kier molecular flexibility index (Phi) is 5.29. The molecule has 1 unspecified atom stereocenters. The lowest BCUT2D eigenvalue weighted by Gasteiger charge is -2.15. The van der Waals surface area contributed by atoms with Crippen molar-refractivity contribution >= 4 is 27.4 Å². The van der Waals surface area contributed by atoms with Crippen LogP contribution in [0, 0.1) is 17.5 Å². The number of carbonyl (C=O) groups excluding carboxylic acids is 1. The van der Waals surface area contributed by atoms with Gasteiger partial charge in [0.15, 0.2) is 0 Å². The van der Waals surface area contributed by atoms with Gasteiger partial charge >= 0.3 is 0 Å². The Balaban J connectivity index is 1.57. The standard InChI is InChI=1S/C21H22ClFN2O3S/c1-12-6-15(22)9-16(7-12)28-11-14-8-20(23)19(10-18(14)13-2-3-13)21(26)25-29(24,27)17-4-5-17/h6-10,13,17H,2-5,11H2,1H3,(H2,24,25,26,27). The molecule has 1 amide bonds. The molecule has 8 heteroatoms. The van der Waals surface area contributed by atoms with E-state index in [2.05, 4.69) is 4.72 Å². The summed E-state index contributed by atoms with van der Waals surface area (Å²) in [5, 5.41) is 0.238. The third-order valence-corrected chi connectivity index (χ3v) is 7.26. The van der Waals surface area contributed by atoms with Crippen molar-refractivity contribution in [1.29, 1.82) is 4.78 Å². The van der Waals surface area contributed by atoms with E-state index < -0.39 is 21.6 Å². The molecule has 2 aromatic carbocycles. The average Bonchev–Trinajstić information content (AvgIpc) is 3.51. The molecule has 2 saturated carbocycles. The van der Waals surface area contributed by atoms with Gasteiger partial charge in [-0.1, -0.05) is 11.6 Å². The fourth-order valence-electron chi connectivity index (χ4n) is 3.33. The third-order valence-electron chi connectivity index (χ3n) is 5.14. The largest absolute Gasteiger partial charge is 0.489 e. The lowest BCUT2D eigenvalue weighted by atomic mass is 9.99. The number of aryl methyl sites for hydroxylation is 1. The summed E-state index contributed by atoms with van der Waals surface area (Å²) in [5.74, 6) is -0.656. The molecule has 29 heavy (non-hydrogen) atoms. The minimum atomic E-state index is -3.24. The first-order valence-electron chi connectivity index (χ1n) is 9.55. The highest BCUT2D eigenvalue weighted by Crippen LogP contribution is 2.42. The van der Waals surface area contributed by atoms with E-state index in [9.17, 15) is 13.4 Å².